The van der Waals surface area contributed by atoms with Gasteiger partial charge in [-0.15, -0.1) is 0 Å². The Morgan fingerprint density at radius 1 is 1.03 bits per heavy atom. The molecule has 1 N–H and O–H groups in total. The number of nitrogens with one attached hydrogen (secondary N) is 1. The first-order valence-corrected chi connectivity index (χ1v) is 13.3. The van der Waals surface area contributed by atoms with Gasteiger partial charge >= 0.3 is 0 Å². The number of amides is 2. The van der Waals surface area contributed by atoms with Crippen LogP contribution >= 0.6 is 0 Å². The van der Waals surface area contributed by atoms with Crippen LogP contribution in [-0.4, -0.2) is 66.3 Å². The van der Waals surface area contributed by atoms with Crippen molar-refractivity contribution in [2.45, 2.75) is 51.1 Å². The van der Waals surface area contributed by atoms with Crippen LogP contribution in [0.25, 0.3) is 0 Å². The molecule has 194 valence electrons. The van der Waals surface area contributed by atoms with Crippen molar-refractivity contribution in [3.05, 3.63) is 82.6 Å². The Morgan fingerprint density at radius 3 is 2.62 bits per heavy atom. The van der Waals surface area contributed by atoms with E-state index in [2.05, 4.69) is 28.9 Å². The molecule has 3 heterocycles. The number of hydrogen-bond acceptors (Lipinski definition) is 5. The van der Waals surface area contributed by atoms with Crippen molar-refractivity contribution < 1.29 is 19.1 Å². The summed E-state index contributed by atoms with van der Waals surface area (Å²) in [6, 6.07) is 13.7. The van der Waals surface area contributed by atoms with Gasteiger partial charge in [-0.05, 0) is 54.0 Å². The Labute approximate surface area is 218 Å². The van der Waals surface area contributed by atoms with E-state index >= 15 is 0 Å². The number of piperidine rings is 1. The maximum absolute atomic E-state index is 12.9. The van der Waals surface area contributed by atoms with Crippen LogP contribution in [0.15, 0.2) is 54.7 Å². The van der Waals surface area contributed by atoms with Crippen molar-refractivity contribution in [3.8, 4) is 0 Å². The molecule has 2 saturated heterocycles. The summed E-state index contributed by atoms with van der Waals surface area (Å²) in [6.45, 7) is 8.84. The fraction of sp³-hybridized carbons (Fsp3) is 0.433. The lowest BCUT2D eigenvalue weighted by Gasteiger charge is -2.30. The van der Waals surface area contributed by atoms with E-state index in [1.165, 1.54) is 5.56 Å². The zero-order valence-electron chi connectivity index (χ0n) is 21.3. The molecular weight excluding hydrogens is 466 g/mol. The second kappa shape index (κ2) is 11.4. The standard InChI is InChI=1S/C30H35N3O4/c1-21-5-10-28(29(35)31-21)33-20-25-18-23(7-9-27(25)30(33)36)6-8-26(34)19-24-4-2-3-22(17-24)11-12-32-13-15-37-16-14-32/h2-4,7,9,17-18,28H,1,5-6,8,10-16,19-20H2,(H,31,35). The number of carbonyl (C=O) groups excluding carboxylic acids is 3. The Hall–Kier alpha value is -3.29. The summed E-state index contributed by atoms with van der Waals surface area (Å²) >= 11 is 0. The zero-order chi connectivity index (χ0) is 25.8. The Kier molecular flexibility index (Phi) is 7.82. The van der Waals surface area contributed by atoms with Gasteiger partial charge in [-0.3, -0.25) is 19.3 Å². The summed E-state index contributed by atoms with van der Waals surface area (Å²) in [7, 11) is 0. The molecule has 0 aliphatic carbocycles. The van der Waals surface area contributed by atoms with Crippen molar-refractivity contribution in [2.24, 2.45) is 0 Å². The van der Waals surface area contributed by atoms with Gasteiger partial charge in [-0.2, -0.15) is 0 Å². The van der Waals surface area contributed by atoms with Gasteiger partial charge < -0.3 is 15.0 Å². The number of Topliss-reactive ketones (excluding diaryl/α,β-unsaturated/α-hetero) is 1. The first kappa shape index (κ1) is 25.4. The van der Waals surface area contributed by atoms with Crippen LogP contribution in [0.3, 0.4) is 0 Å². The maximum Gasteiger partial charge on any atom is 0.255 e. The summed E-state index contributed by atoms with van der Waals surface area (Å²) in [5, 5.41) is 2.77. The number of morpholine rings is 1. The summed E-state index contributed by atoms with van der Waals surface area (Å²) < 4.78 is 5.42. The van der Waals surface area contributed by atoms with E-state index in [1.54, 1.807) is 4.90 Å². The molecule has 0 spiro atoms. The second-order valence-electron chi connectivity index (χ2n) is 10.3. The van der Waals surface area contributed by atoms with Crippen LogP contribution in [0.5, 0.6) is 0 Å². The minimum absolute atomic E-state index is 0.0983. The van der Waals surface area contributed by atoms with Crippen LogP contribution in [0, 0.1) is 0 Å². The van der Waals surface area contributed by atoms with E-state index in [0.29, 0.717) is 49.9 Å². The van der Waals surface area contributed by atoms with Gasteiger partial charge in [0, 0.05) is 50.3 Å². The Morgan fingerprint density at radius 2 is 1.81 bits per heavy atom. The molecule has 3 aliphatic rings. The van der Waals surface area contributed by atoms with Gasteiger partial charge in [-0.1, -0.05) is 43.0 Å². The van der Waals surface area contributed by atoms with Gasteiger partial charge in [0.2, 0.25) is 5.91 Å². The molecule has 3 aliphatic heterocycles. The van der Waals surface area contributed by atoms with Crippen molar-refractivity contribution in [3.63, 3.8) is 0 Å². The molecule has 2 fully saturated rings. The van der Waals surface area contributed by atoms with Crippen molar-refractivity contribution in [1.82, 2.24) is 15.1 Å². The number of fused-ring (bicyclic) bond motifs is 1. The highest BCUT2D eigenvalue weighted by molar-refractivity contribution is 6.01. The molecule has 37 heavy (non-hydrogen) atoms. The monoisotopic (exact) mass is 501 g/mol. The number of benzene rings is 2. The normalized spacial score (nSPS) is 20.2. The Balaban J connectivity index is 1.13. The van der Waals surface area contributed by atoms with Gasteiger partial charge in [0.05, 0.1) is 13.2 Å². The predicted molar refractivity (Wildman–Crippen MR) is 141 cm³/mol. The van der Waals surface area contributed by atoms with Gasteiger partial charge in [0.25, 0.3) is 5.91 Å². The highest BCUT2D eigenvalue weighted by Gasteiger charge is 2.38. The van der Waals surface area contributed by atoms with E-state index in [1.807, 2.05) is 30.3 Å². The third kappa shape index (κ3) is 6.17. The molecule has 2 aromatic carbocycles. The number of nitrogens with zero attached hydrogens (tertiary/aromatic N) is 2. The minimum atomic E-state index is -0.458. The lowest BCUT2D eigenvalue weighted by atomic mass is 9.98. The number of ether oxygens (including phenoxy) is 1. The quantitative estimate of drug-likeness (QED) is 0.572. The molecule has 0 bridgehead atoms. The van der Waals surface area contributed by atoms with Gasteiger partial charge in [0.15, 0.2) is 0 Å². The summed E-state index contributed by atoms with van der Waals surface area (Å²) in [6.07, 6.45) is 3.79. The van der Waals surface area contributed by atoms with E-state index in [-0.39, 0.29) is 17.6 Å². The van der Waals surface area contributed by atoms with Crippen LogP contribution < -0.4 is 5.32 Å². The molecular formula is C30H35N3O4. The topological polar surface area (TPSA) is 79.0 Å². The molecule has 1 atom stereocenters. The highest BCUT2D eigenvalue weighted by atomic mass is 16.5. The summed E-state index contributed by atoms with van der Waals surface area (Å²) in [4.78, 5) is 42.2. The summed E-state index contributed by atoms with van der Waals surface area (Å²) in [5.41, 5.74) is 5.66. The predicted octanol–water partition coefficient (Wildman–Crippen LogP) is 3.05. The van der Waals surface area contributed by atoms with Gasteiger partial charge in [-0.25, -0.2) is 0 Å². The lowest BCUT2D eigenvalue weighted by molar-refractivity contribution is -0.126. The second-order valence-corrected chi connectivity index (χ2v) is 10.3. The van der Waals surface area contributed by atoms with Crippen LogP contribution in [0.4, 0.5) is 0 Å². The van der Waals surface area contributed by atoms with Crippen LogP contribution in [-0.2, 0) is 40.1 Å². The fourth-order valence-electron chi connectivity index (χ4n) is 5.47. The molecule has 0 saturated carbocycles. The molecule has 0 aromatic heterocycles. The SMILES string of the molecule is C=C1CCC(N2Cc3cc(CCC(=O)Cc4cccc(CCN5CCOCC5)c4)ccc3C2=O)C(=O)N1. The molecule has 0 radical (unpaired) electrons. The van der Waals surface area contributed by atoms with Crippen LogP contribution in [0.2, 0.25) is 0 Å². The largest absolute Gasteiger partial charge is 0.379 e. The molecule has 5 rings (SSSR count). The number of aryl methyl sites for hydroxylation is 1. The van der Waals surface area contributed by atoms with Crippen molar-refractivity contribution in [1.29, 1.82) is 0 Å². The Bertz CT molecular complexity index is 1200. The first-order chi connectivity index (χ1) is 18.0. The lowest BCUT2D eigenvalue weighted by Crippen LogP contribution is -2.49. The average Bonchev–Trinajstić information content (AvgIpc) is 3.22. The minimum Gasteiger partial charge on any atom is -0.379 e. The maximum atomic E-state index is 12.9. The van der Waals surface area contributed by atoms with E-state index in [0.717, 1.165) is 56.0 Å². The molecule has 7 heteroatoms. The van der Waals surface area contributed by atoms with Crippen molar-refractivity contribution in [2.75, 3.05) is 32.8 Å². The smallest absolute Gasteiger partial charge is 0.255 e. The number of rotatable bonds is 9. The third-order valence-corrected chi connectivity index (χ3v) is 7.61. The van der Waals surface area contributed by atoms with E-state index < -0.39 is 6.04 Å². The number of allylic oxidation sites excluding steroid dienone is 1. The molecule has 2 aromatic rings. The highest BCUT2D eigenvalue weighted by Crippen LogP contribution is 2.29. The third-order valence-electron chi connectivity index (χ3n) is 7.61. The first-order valence-electron chi connectivity index (χ1n) is 13.3. The number of hydrogen-bond donors (Lipinski definition) is 1. The zero-order valence-corrected chi connectivity index (χ0v) is 21.3. The number of carbonyl (C=O) groups is 3. The molecule has 2 amide bonds. The van der Waals surface area contributed by atoms with Crippen molar-refractivity contribution >= 4 is 17.6 Å². The average molecular weight is 502 g/mol. The van der Waals surface area contributed by atoms with E-state index in [4.69, 9.17) is 4.74 Å². The summed E-state index contributed by atoms with van der Waals surface area (Å²) in [5.74, 6) is -0.0465. The van der Waals surface area contributed by atoms with Crippen LogP contribution in [0.1, 0.15) is 51.9 Å². The fourth-order valence-corrected chi connectivity index (χ4v) is 5.47. The van der Waals surface area contributed by atoms with E-state index in [9.17, 15) is 14.4 Å². The molecule has 7 nitrogen and oxygen atoms in total. The van der Waals surface area contributed by atoms with Gasteiger partial charge in [0.1, 0.15) is 11.8 Å². The number of ketones is 1. The molecule has 1 unspecified atom stereocenters.